The van der Waals surface area contributed by atoms with Gasteiger partial charge in [0.05, 0.1) is 50.4 Å². The van der Waals surface area contributed by atoms with Crippen LogP contribution >= 0.6 is 7.14 Å². The van der Waals surface area contributed by atoms with Gasteiger partial charge in [-0.15, -0.1) is 0 Å². The van der Waals surface area contributed by atoms with Crippen LogP contribution in [0.5, 0.6) is 0 Å². The van der Waals surface area contributed by atoms with Gasteiger partial charge in [0.25, 0.3) is 0 Å². The molecule has 22 aromatic carbocycles. The number of aromatic nitrogens is 4. The highest BCUT2D eigenvalue weighted by Gasteiger charge is 2.32. The molecular weight excluding hydrogens is 1590 g/mol. The molecule has 0 fully saturated rings. The molecule has 0 saturated carbocycles. The van der Waals surface area contributed by atoms with Gasteiger partial charge in [0.2, 0.25) is 0 Å². The summed E-state index contributed by atoms with van der Waals surface area (Å²) in [5.74, 6) is 1.06. The van der Waals surface area contributed by atoms with Gasteiger partial charge in [0.1, 0.15) is 5.82 Å². The second kappa shape index (κ2) is 32.4. The van der Waals surface area contributed by atoms with E-state index in [2.05, 4.69) is 417 Å². The third-order valence-electron chi connectivity index (χ3n) is 26.2. The van der Waals surface area contributed by atoms with E-state index in [0.717, 1.165) is 116 Å². The molecule has 0 amide bonds. The minimum absolute atomic E-state index is 0.114. The van der Waals surface area contributed by atoms with Gasteiger partial charge >= 0.3 is 0 Å². The standard InChI is InChI=1S/C43H28N2.C41H26N2.C39H26NOP/c1-2-13-31(14-3-1)43-44-39-20-10-11-21-40(39)45(43)34-26-24-30(25-27-34)41-35-16-6-8-18-37(35)42(38-19-9-7-17-36(38)41)33-23-22-29-12-4-5-15-32(29)28-33;1-2-12-28(13-3-1)38-33-16-8-9-17-36(33)42-39(38)30-20-18-29(19-21-30)37-34-24-22-26-10-4-6-14-31(26)40(34)43-41-32-15-7-5-11-27(32)23-25-35(37)41;41-42(30-13-3-1-4-14-30,31-15-5-2-6-16-31)32-23-19-29(20-24-32)37-35-25-21-27-11-7-9-17-33(27)38(35)40-39-34-18-10-8-12-28(34)22-26-36(37)39/h1-28H;1-25,38H;1-26H. The van der Waals surface area contributed by atoms with Crippen LogP contribution in [0.1, 0.15) is 22.6 Å². The normalized spacial score (nSPS) is 12.6. The molecule has 26 rings (SSSR count). The molecule has 0 N–H and O–H groups in total. The molecule has 1 aliphatic heterocycles. The third-order valence-corrected chi connectivity index (χ3v) is 29.3. The fourth-order valence-corrected chi connectivity index (χ4v) is 22.8. The highest BCUT2D eigenvalue weighted by atomic mass is 31.2. The molecule has 130 heavy (non-hydrogen) atoms. The van der Waals surface area contributed by atoms with Crippen molar-refractivity contribution in [3.05, 3.63) is 496 Å². The molecule has 7 heteroatoms. The Kier molecular flexibility index (Phi) is 19.2. The molecular formula is C123H80N5OP. The van der Waals surface area contributed by atoms with E-state index < -0.39 is 7.14 Å². The van der Waals surface area contributed by atoms with E-state index >= 15 is 0 Å². The summed E-state index contributed by atoms with van der Waals surface area (Å²) in [5, 5.41) is 24.0. The van der Waals surface area contributed by atoms with Crippen LogP contribution in [-0.4, -0.2) is 25.2 Å². The Morgan fingerprint density at radius 1 is 0.231 bits per heavy atom. The number of benzene rings is 22. The number of imidazole rings is 1. The van der Waals surface area contributed by atoms with E-state index in [4.69, 9.17) is 19.9 Å². The lowest BCUT2D eigenvalue weighted by Crippen LogP contribution is -2.24. The molecule has 608 valence electrons. The first-order valence-corrected chi connectivity index (χ1v) is 46.1. The molecule has 1 unspecified atom stereocenters. The smallest absolute Gasteiger partial charge is 0.171 e. The summed E-state index contributed by atoms with van der Waals surface area (Å²) in [7, 11) is -3.06. The minimum atomic E-state index is -3.06. The molecule has 0 aliphatic carbocycles. The molecule has 1 aliphatic rings. The Bertz CT molecular complexity index is 8580. The van der Waals surface area contributed by atoms with Crippen molar-refractivity contribution in [2.75, 3.05) is 0 Å². The van der Waals surface area contributed by atoms with Crippen molar-refractivity contribution < 1.29 is 4.57 Å². The maximum Gasteiger partial charge on any atom is 0.171 e. The van der Waals surface area contributed by atoms with Crippen molar-refractivity contribution in [1.29, 1.82) is 0 Å². The van der Waals surface area contributed by atoms with E-state index in [1.807, 2.05) is 66.7 Å². The average molecular weight is 1680 g/mol. The first-order valence-electron chi connectivity index (χ1n) is 44.4. The van der Waals surface area contributed by atoms with Crippen LogP contribution in [0.15, 0.2) is 484 Å². The summed E-state index contributed by atoms with van der Waals surface area (Å²) in [5.41, 5.74) is 23.8. The first kappa shape index (κ1) is 77.0. The molecule has 0 saturated heterocycles. The Hall–Kier alpha value is -16.6. The van der Waals surface area contributed by atoms with Crippen molar-refractivity contribution in [3.63, 3.8) is 0 Å². The summed E-state index contributed by atoms with van der Waals surface area (Å²) in [6.07, 6.45) is 0. The van der Waals surface area contributed by atoms with Crippen molar-refractivity contribution in [2.24, 2.45) is 4.99 Å². The maximum atomic E-state index is 15.0. The number of para-hydroxylation sites is 3. The monoisotopic (exact) mass is 1670 g/mol. The van der Waals surface area contributed by atoms with E-state index in [0.29, 0.717) is 0 Å². The SMILES string of the molecule is O=P(c1ccccc1)(c1ccccc1)c1ccc(-c2c3ccc4ccccc4c3nc3c2ccc2ccccc23)cc1.c1ccc(-c2nc3ccccc3n2-c2ccc(-c3c4ccccc4c(-c4ccc5ccccc5c4)c4ccccc34)cc2)cc1.c1ccc(C2C(c3ccc(-c4c5ccc6ccccc6c5nc5c4ccc4ccccc45)cc3)=Nc3ccccc32)cc1. The van der Waals surface area contributed by atoms with Crippen molar-refractivity contribution in [3.8, 4) is 61.6 Å². The summed E-state index contributed by atoms with van der Waals surface area (Å²) in [4.78, 5) is 20.9. The zero-order chi connectivity index (χ0) is 86.2. The van der Waals surface area contributed by atoms with Crippen molar-refractivity contribution >= 4 is 165 Å². The van der Waals surface area contributed by atoms with Crippen LogP contribution < -0.4 is 15.9 Å². The van der Waals surface area contributed by atoms with Gasteiger partial charge < -0.3 is 4.57 Å². The average Bonchev–Trinajstić information content (AvgIpc) is 0.936. The first-order chi connectivity index (χ1) is 64.4. The number of rotatable bonds is 11. The molecule has 1 atom stereocenters. The second-order valence-electron chi connectivity index (χ2n) is 33.6. The summed E-state index contributed by atoms with van der Waals surface area (Å²) in [6.45, 7) is 0. The van der Waals surface area contributed by atoms with E-state index in [1.54, 1.807) is 0 Å². The molecule has 6 nitrogen and oxygen atoms in total. The van der Waals surface area contributed by atoms with E-state index in [-0.39, 0.29) is 5.92 Å². The summed E-state index contributed by atoms with van der Waals surface area (Å²) >= 11 is 0. The number of nitrogens with zero attached hydrogens (tertiary/aromatic N) is 5. The zero-order valence-corrected chi connectivity index (χ0v) is 71.7. The lowest BCUT2D eigenvalue weighted by atomic mass is 9.85. The van der Waals surface area contributed by atoms with Crippen LogP contribution in [0, 0.1) is 0 Å². The highest BCUT2D eigenvalue weighted by molar-refractivity contribution is 7.85. The van der Waals surface area contributed by atoms with Gasteiger partial charge in [0, 0.05) is 81.4 Å². The van der Waals surface area contributed by atoms with Crippen LogP contribution in [0.2, 0.25) is 0 Å². The molecule has 0 spiro atoms. The van der Waals surface area contributed by atoms with Crippen molar-refractivity contribution in [2.45, 2.75) is 5.92 Å². The van der Waals surface area contributed by atoms with Crippen molar-refractivity contribution in [1.82, 2.24) is 19.5 Å². The Morgan fingerprint density at radius 3 is 1.05 bits per heavy atom. The molecule has 3 aromatic heterocycles. The highest BCUT2D eigenvalue weighted by Crippen LogP contribution is 2.50. The lowest BCUT2D eigenvalue weighted by molar-refractivity contribution is 0.592. The molecule has 25 aromatic rings. The van der Waals surface area contributed by atoms with E-state index in [1.165, 1.54) is 120 Å². The molecule has 4 heterocycles. The lowest BCUT2D eigenvalue weighted by Gasteiger charge is -2.20. The van der Waals surface area contributed by atoms with Crippen LogP contribution in [-0.2, 0) is 4.57 Å². The summed E-state index contributed by atoms with van der Waals surface area (Å²) < 4.78 is 17.2. The number of pyridine rings is 2. The topological polar surface area (TPSA) is 73.0 Å². The van der Waals surface area contributed by atoms with Gasteiger partial charge in [0.15, 0.2) is 7.14 Å². The Balaban J connectivity index is 0.000000108. The number of hydrogen-bond acceptors (Lipinski definition) is 5. The van der Waals surface area contributed by atoms with Gasteiger partial charge in [-0.05, 0) is 140 Å². The predicted molar refractivity (Wildman–Crippen MR) is 550 cm³/mol. The largest absolute Gasteiger partial charge is 0.309 e. The van der Waals surface area contributed by atoms with Gasteiger partial charge in [-0.1, -0.05) is 443 Å². The van der Waals surface area contributed by atoms with E-state index in [9.17, 15) is 4.57 Å². The number of hydrogen-bond donors (Lipinski definition) is 0. The fourth-order valence-electron chi connectivity index (χ4n) is 20.1. The number of aliphatic imine (C=N–C) groups is 1. The van der Waals surface area contributed by atoms with Crippen LogP contribution in [0.25, 0.3) is 192 Å². The number of fused-ring (bicyclic) bond motifs is 17. The second-order valence-corrected chi connectivity index (χ2v) is 36.4. The Morgan fingerprint density at radius 2 is 0.569 bits per heavy atom. The summed E-state index contributed by atoms with van der Waals surface area (Å²) in [6, 6.07) is 169. The maximum absolute atomic E-state index is 15.0. The van der Waals surface area contributed by atoms with Gasteiger partial charge in [-0.25, -0.2) is 15.0 Å². The quantitative estimate of drug-likeness (QED) is 0.0735. The van der Waals surface area contributed by atoms with Gasteiger partial charge in [-0.3, -0.25) is 9.56 Å². The fraction of sp³-hybridized carbons (Fsp3) is 0.00813. The van der Waals surface area contributed by atoms with Crippen LogP contribution in [0.3, 0.4) is 0 Å². The molecule has 0 bridgehead atoms. The Labute approximate surface area is 751 Å². The van der Waals surface area contributed by atoms with Gasteiger partial charge in [-0.2, -0.15) is 0 Å². The zero-order valence-electron chi connectivity index (χ0n) is 70.8. The van der Waals surface area contributed by atoms with Crippen LogP contribution in [0.4, 0.5) is 5.69 Å². The minimum Gasteiger partial charge on any atom is -0.309 e. The predicted octanol–water partition coefficient (Wildman–Crippen LogP) is 31.1. The molecule has 0 radical (unpaired) electrons. The third kappa shape index (κ3) is 13.3.